The Morgan fingerprint density at radius 1 is 0.852 bits per heavy atom. The molecule has 1 aliphatic rings. The summed E-state index contributed by atoms with van der Waals surface area (Å²) in [6.45, 7) is 7.85. The summed E-state index contributed by atoms with van der Waals surface area (Å²) in [5.74, 6) is 0.159. The maximum atomic E-state index is 10.6. The first kappa shape index (κ1) is 19.6. The molecule has 1 fully saturated rings. The molecule has 0 radical (unpaired) electrons. The lowest BCUT2D eigenvalue weighted by Gasteiger charge is -2.25. The first-order valence-corrected chi connectivity index (χ1v) is 9.89. The summed E-state index contributed by atoms with van der Waals surface area (Å²) >= 11 is 0. The zero-order chi connectivity index (χ0) is 19.1. The highest BCUT2D eigenvalue weighted by Crippen LogP contribution is 2.40. The second-order valence-electron chi connectivity index (χ2n) is 7.38. The van der Waals surface area contributed by atoms with Gasteiger partial charge in [0.05, 0.1) is 18.3 Å². The first-order valence-electron chi connectivity index (χ1n) is 9.89. The highest BCUT2D eigenvalue weighted by atomic mass is 16.5. The van der Waals surface area contributed by atoms with Crippen LogP contribution in [0.5, 0.6) is 0 Å². The van der Waals surface area contributed by atoms with Gasteiger partial charge in [-0.05, 0) is 36.8 Å². The van der Waals surface area contributed by atoms with Crippen molar-refractivity contribution in [1.82, 2.24) is 0 Å². The third-order valence-corrected chi connectivity index (χ3v) is 5.68. The van der Waals surface area contributed by atoms with Gasteiger partial charge in [0.1, 0.15) is 0 Å². The van der Waals surface area contributed by atoms with Gasteiger partial charge < -0.3 is 9.84 Å². The Morgan fingerprint density at radius 2 is 1.37 bits per heavy atom. The average Bonchev–Trinajstić information content (AvgIpc) is 3.09. The monoisotopic (exact) mass is 362 g/mol. The number of aliphatic hydroxyl groups excluding tert-OH is 1. The van der Waals surface area contributed by atoms with Gasteiger partial charge in [-0.15, -0.1) is 13.2 Å². The van der Waals surface area contributed by atoms with E-state index in [2.05, 4.69) is 61.7 Å². The summed E-state index contributed by atoms with van der Waals surface area (Å²) in [4.78, 5) is 0. The van der Waals surface area contributed by atoms with Gasteiger partial charge in [0.15, 0.2) is 0 Å². The molecule has 2 nitrogen and oxygen atoms in total. The van der Waals surface area contributed by atoms with Crippen molar-refractivity contribution in [3.63, 3.8) is 0 Å². The Hall–Kier alpha value is -2.16. The van der Waals surface area contributed by atoms with E-state index in [4.69, 9.17) is 4.74 Å². The second-order valence-corrected chi connectivity index (χ2v) is 7.38. The number of rotatable bonds is 9. The minimum absolute atomic E-state index is 0.0157. The normalized spacial score (nSPS) is 25.8. The molecule has 3 rings (SSSR count). The van der Waals surface area contributed by atoms with Crippen LogP contribution in [0.3, 0.4) is 0 Å². The Labute approximate surface area is 163 Å². The topological polar surface area (TPSA) is 29.5 Å². The standard InChI is InChI=1S/C25H30O2/c1-3-21-23(17-15-19-11-7-5-8-12-19)27-24(25(21)22(26)4-2)18-16-20-13-9-6-10-14-20/h3-14,21-26H,1-2,15-18H2/t21-,22?,23-,24+,25+/m0/s1. The molecule has 0 aliphatic carbocycles. The zero-order valence-electron chi connectivity index (χ0n) is 15.9. The molecule has 0 amide bonds. The third-order valence-electron chi connectivity index (χ3n) is 5.68. The molecule has 1 heterocycles. The van der Waals surface area contributed by atoms with E-state index in [0.29, 0.717) is 0 Å². The Morgan fingerprint density at radius 3 is 1.85 bits per heavy atom. The molecule has 1 aliphatic heterocycles. The van der Waals surface area contributed by atoms with E-state index in [-0.39, 0.29) is 24.0 Å². The van der Waals surface area contributed by atoms with E-state index < -0.39 is 6.10 Å². The number of ether oxygens (including phenoxy) is 1. The van der Waals surface area contributed by atoms with Crippen molar-refractivity contribution in [3.05, 3.63) is 97.1 Å². The van der Waals surface area contributed by atoms with Crippen LogP contribution in [-0.4, -0.2) is 23.4 Å². The summed E-state index contributed by atoms with van der Waals surface area (Å²) in [5.41, 5.74) is 2.62. The van der Waals surface area contributed by atoms with Crippen molar-refractivity contribution in [1.29, 1.82) is 0 Å². The fourth-order valence-electron chi connectivity index (χ4n) is 4.24. The number of aryl methyl sites for hydroxylation is 2. The predicted octanol–water partition coefficient (Wildman–Crippen LogP) is 4.98. The van der Waals surface area contributed by atoms with Gasteiger partial charge in [0, 0.05) is 11.8 Å². The van der Waals surface area contributed by atoms with E-state index >= 15 is 0 Å². The van der Waals surface area contributed by atoms with Crippen LogP contribution in [-0.2, 0) is 17.6 Å². The summed E-state index contributed by atoms with van der Waals surface area (Å²) in [6, 6.07) is 20.9. The van der Waals surface area contributed by atoms with E-state index in [1.165, 1.54) is 11.1 Å². The summed E-state index contributed by atoms with van der Waals surface area (Å²) in [6.07, 6.45) is 6.88. The SMILES string of the molecule is C=CC(O)[C@H]1[C@@H](C=C)[C@H](CCc2ccccc2)O[C@@H]1CCc1ccccc1. The maximum Gasteiger partial charge on any atom is 0.0777 e. The van der Waals surface area contributed by atoms with Crippen LogP contribution in [0, 0.1) is 11.8 Å². The molecule has 2 aromatic rings. The van der Waals surface area contributed by atoms with E-state index in [0.717, 1.165) is 25.7 Å². The lowest BCUT2D eigenvalue weighted by molar-refractivity contribution is 0.00939. The molecular weight excluding hydrogens is 332 g/mol. The molecule has 0 aromatic heterocycles. The van der Waals surface area contributed by atoms with Crippen molar-refractivity contribution >= 4 is 0 Å². The van der Waals surface area contributed by atoms with Crippen LogP contribution in [0.1, 0.15) is 24.0 Å². The molecule has 1 unspecified atom stereocenters. The van der Waals surface area contributed by atoms with Crippen LogP contribution < -0.4 is 0 Å². The smallest absolute Gasteiger partial charge is 0.0777 e. The molecule has 0 saturated carbocycles. The number of benzene rings is 2. The molecule has 142 valence electrons. The van der Waals surface area contributed by atoms with Crippen molar-refractivity contribution in [2.75, 3.05) is 0 Å². The Balaban J connectivity index is 1.69. The van der Waals surface area contributed by atoms with E-state index in [1.54, 1.807) is 6.08 Å². The number of aliphatic hydroxyl groups is 1. The van der Waals surface area contributed by atoms with Crippen molar-refractivity contribution in [3.8, 4) is 0 Å². The molecule has 1 saturated heterocycles. The second kappa shape index (κ2) is 9.68. The van der Waals surface area contributed by atoms with E-state index in [1.807, 2.05) is 18.2 Å². The van der Waals surface area contributed by atoms with Gasteiger partial charge in [-0.3, -0.25) is 0 Å². The molecular formula is C25H30O2. The van der Waals surface area contributed by atoms with Gasteiger partial charge >= 0.3 is 0 Å². The third kappa shape index (κ3) is 4.97. The van der Waals surface area contributed by atoms with Crippen molar-refractivity contribution in [2.45, 2.75) is 44.0 Å². The summed E-state index contributed by atoms with van der Waals surface area (Å²) in [7, 11) is 0. The van der Waals surface area contributed by atoms with Crippen molar-refractivity contribution < 1.29 is 9.84 Å². The van der Waals surface area contributed by atoms with Crippen LogP contribution >= 0.6 is 0 Å². The van der Waals surface area contributed by atoms with Crippen LogP contribution in [0.2, 0.25) is 0 Å². The molecule has 5 atom stereocenters. The lowest BCUT2D eigenvalue weighted by atomic mass is 9.80. The molecule has 1 N–H and O–H groups in total. The molecule has 0 bridgehead atoms. The fourth-order valence-corrected chi connectivity index (χ4v) is 4.24. The van der Waals surface area contributed by atoms with Gasteiger partial charge in [-0.25, -0.2) is 0 Å². The molecule has 27 heavy (non-hydrogen) atoms. The largest absolute Gasteiger partial charge is 0.389 e. The van der Waals surface area contributed by atoms with Gasteiger partial charge in [-0.1, -0.05) is 72.8 Å². The Kier molecular flexibility index (Phi) is 7.03. The molecule has 0 spiro atoms. The molecule has 2 heteroatoms. The van der Waals surface area contributed by atoms with E-state index in [9.17, 15) is 5.11 Å². The van der Waals surface area contributed by atoms with Crippen LogP contribution in [0.4, 0.5) is 0 Å². The highest BCUT2D eigenvalue weighted by molar-refractivity contribution is 5.17. The fraction of sp³-hybridized carbons (Fsp3) is 0.360. The molecule has 2 aromatic carbocycles. The quantitative estimate of drug-likeness (QED) is 0.637. The summed E-state index contributed by atoms with van der Waals surface area (Å²) in [5, 5.41) is 10.6. The van der Waals surface area contributed by atoms with Gasteiger partial charge in [0.25, 0.3) is 0 Å². The average molecular weight is 363 g/mol. The van der Waals surface area contributed by atoms with Crippen LogP contribution in [0.15, 0.2) is 86.0 Å². The minimum Gasteiger partial charge on any atom is -0.389 e. The highest BCUT2D eigenvalue weighted by Gasteiger charge is 2.44. The number of hydrogen-bond acceptors (Lipinski definition) is 2. The van der Waals surface area contributed by atoms with Gasteiger partial charge in [0.2, 0.25) is 0 Å². The van der Waals surface area contributed by atoms with Crippen LogP contribution in [0.25, 0.3) is 0 Å². The maximum absolute atomic E-state index is 10.6. The lowest BCUT2D eigenvalue weighted by Crippen LogP contribution is -2.31. The minimum atomic E-state index is -0.574. The predicted molar refractivity (Wildman–Crippen MR) is 112 cm³/mol. The Bertz CT molecular complexity index is 710. The number of hydrogen-bond donors (Lipinski definition) is 1. The zero-order valence-corrected chi connectivity index (χ0v) is 15.9. The van der Waals surface area contributed by atoms with Crippen molar-refractivity contribution in [2.24, 2.45) is 11.8 Å². The summed E-state index contributed by atoms with van der Waals surface area (Å²) < 4.78 is 6.46. The first-order chi connectivity index (χ1) is 13.2. The van der Waals surface area contributed by atoms with Gasteiger partial charge in [-0.2, -0.15) is 0 Å².